The van der Waals surface area contributed by atoms with Crippen molar-refractivity contribution in [3.05, 3.63) is 39.6 Å². The molecule has 2 amide bonds. The molecular formula is C17H21ClN4O2S. The molecule has 1 fully saturated rings. The van der Waals surface area contributed by atoms with E-state index in [1.165, 1.54) is 11.3 Å². The number of likely N-dealkylation sites (tertiary alicyclic amines) is 1. The molecule has 25 heavy (non-hydrogen) atoms. The topological polar surface area (TPSA) is 67.4 Å². The standard InChI is InChI=1S/C17H21ClN4O2S/c1-12-16(18)25-15(21-12)4-8-20-17(23)22-9-5-13(6-10-22)24-14-3-2-7-19-11-14/h2-3,7,11,13H,4-6,8-10H2,1H3,(H,20,23). The number of urea groups is 1. The second-order valence-electron chi connectivity index (χ2n) is 5.94. The highest BCUT2D eigenvalue weighted by atomic mass is 35.5. The summed E-state index contributed by atoms with van der Waals surface area (Å²) in [7, 11) is 0. The zero-order valence-electron chi connectivity index (χ0n) is 14.1. The number of halogens is 1. The third-order valence-electron chi connectivity index (χ3n) is 4.07. The van der Waals surface area contributed by atoms with E-state index < -0.39 is 0 Å². The van der Waals surface area contributed by atoms with Gasteiger partial charge in [0.1, 0.15) is 16.2 Å². The van der Waals surface area contributed by atoms with Gasteiger partial charge in [0.25, 0.3) is 0 Å². The Morgan fingerprint density at radius 3 is 2.92 bits per heavy atom. The second-order valence-corrected chi connectivity index (χ2v) is 7.63. The average molecular weight is 381 g/mol. The minimum atomic E-state index is -0.0285. The maximum absolute atomic E-state index is 12.2. The third-order valence-corrected chi connectivity index (χ3v) is 5.58. The summed E-state index contributed by atoms with van der Waals surface area (Å²) in [5.74, 6) is 0.780. The van der Waals surface area contributed by atoms with E-state index in [0.29, 0.717) is 26.1 Å². The van der Waals surface area contributed by atoms with Crippen molar-refractivity contribution in [1.29, 1.82) is 0 Å². The quantitative estimate of drug-likeness (QED) is 0.864. The first-order valence-corrected chi connectivity index (χ1v) is 9.52. The number of hydrogen-bond acceptors (Lipinski definition) is 5. The Bertz CT molecular complexity index is 682. The van der Waals surface area contributed by atoms with E-state index in [0.717, 1.165) is 33.6 Å². The summed E-state index contributed by atoms with van der Waals surface area (Å²) in [6, 6.07) is 3.73. The minimum Gasteiger partial charge on any atom is -0.489 e. The fourth-order valence-electron chi connectivity index (χ4n) is 2.71. The predicted molar refractivity (Wildman–Crippen MR) is 98.4 cm³/mol. The Kier molecular flexibility index (Phi) is 6.09. The van der Waals surface area contributed by atoms with Gasteiger partial charge in [0, 0.05) is 45.1 Å². The summed E-state index contributed by atoms with van der Waals surface area (Å²) in [6.45, 7) is 3.84. The third kappa shape index (κ3) is 5.06. The van der Waals surface area contributed by atoms with Gasteiger partial charge in [-0.2, -0.15) is 0 Å². The number of rotatable bonds is 5. The number of hydrogen-bond donors (Lipinski definition) is 1. The molecule has 134 valence electrons. The first-order valence-electron chi connectivity index (χ1n) is 8.33. The molecule has 0 bridgehead atoms. The summed E-state index contributed by atoms with van der Waals surface area (Å²) < 4.78 is 6.62. The summed E-state index contributed by atoms with van der Waals surface area (Å²) in [5, 5.41) is 3.90. The SMILES string of the molecule is Cc1nc(CCNC(=O)N2CCC(Oc3cccnc3)CC2)sc1Cl. The number of aromatic nitrogens is 2. The Morgan fingerprint density at radius 2 is 2.28 bits per heavy atom. The molecule has 1 N–H and O–H groups in total. The van der Waals surface area contributed by atoms with Gasteiger partial charge in [0.2, 0.25) is 0 Å². The highest BCUT2D eigenvalue weighted by molar-refractivity contribution is 7.16. The molecule has 0 saturated carbocycles. The van der Waals surface area contributed by atoms with Crippen LogP contribution in [0.5, 0.6) is 5.75 Å². The number of carbonyl (C=O) groups excluding carboxylic acids is 1. The van der Waals surface area contributed by atoms with Crippen LogP contribution in [-0.2, 0) is 6.42 Å². The molecule has 1 saturated heterocycles. The molecule has 0 unspecified atom stereocenters. The number of aryl methyl sites for hydroxylation is 1. The Labute approximate surface area is 156 Å². The maximum atomic E-state index is 12.2. The lowest BCUT2D eigenvalue weighted by atomic mass is 10.1. The fourth-order valence-corrected chi connectivity index (χ4v) is 3.81. The number of nitrogens with zero attached hydrogens (tertiary/aromatic N) is 3. The van der Waals surface area contributed by atoms with Gasteiger partial charge in [-0.25, -0.2) is 9.78 Å². The van der Waals surface area contributed by atoms with Gasteiger partial charge in [-0.1, -0.05) is 11.6 Å². The summed E-state index contributed by atoms with van der Waals surface area (Å²) in [6.07, 6.45) is 5.91. The largest absolute Gasteiger partial charge is 0.489 e. The van der Waals surface area contributed by atoms with Crippen molar-refractivity contribution in [1.82, 2.24) is 20.2 Å². The summed E-state index contributed by atoms with van der Waals surface area (Å²) in [4.78, 5) is 22.5. The summed E-state index contributed by atoms with van der Waals surface area (Å²) in [5.41, 5.74) is 0.851. The average Bonchev–Trinajstić information content (AvgIpc) is 2.94. The van der Waals surface area contributed by atoms with E-state index >= 15 is 0 Å². The monoisotopic (exact) mass is 380 g/mol. The number of nitrogens with one attached hydrogen (secondary N) is 1. The zero-order valence-corrected chi connectivity index (χ0v) is 15.6. The van der Waals surface area contributed by atoms with Crippen molar-refractivity contribution in [2.45, 2.75) is 32.3 Å². The molecule has 1 aliphatic heterocycles. The molecule has 0 aromatic carbocycles. The van der Waals surface area contributed by atoms with Gasteiger partial charge in [-0.15, -0.1) is 11.3 Å². The van der Waals surface area contributed by atoms with E-state index in [9.17, 15) is 4.79 Å². The van der Waals surface area contributed by atoms with Crippen LogP contribution in [0.15, 0.2) is 24.5 Å². The van der Waals surface area contributed by atoms with E-state index in [1.807, 2.05) is 24.0 Å². The smallest absolute Gasteiger partial charge is 0.317 e. The van der Waals surface area contributed by atoms with Crippen LogP contribution < -0.4 is 10.1 Å². The number of carbonyl (C=O) groups is 1. The first kappa shape index (κ1) is 17.9. The van der Waals surface area contributed by atoms with Gasteiger partial charge < -0.3 is 15.0 Å². The van der Waals surface area contributed by atoms with Crippen LogP contribution in [0.25, 0.3) is 0 Å². The van der Waals surface area contributed by atoms with E-state index in [-0.39, 0.29) is 12.1 Å². The highest BCUT2D eigenvalue weighted by Gasteiger charge is 2.23. The van der Waals surface area contributed by atoms with Crippen LogP contribution in [0.2, 0.25) is 4.34 Å². The zero-order chi connectivity index (χ0) is 17.6. The van der Waals surface area contributed by atoms with Gasteiger partial charge in [-0.3, -0.25) is 4.98 Å². The number of thiazole rings is 1. The van der Waals surface area contributed by atoms with Crippen LogP contribution >= 0.6 is 22.9 Å². The van der Waals surface area contributed by atoms with Crippen molar-refractivity contribution in [3.8, 4) is 5.75 Å². The molecule has 2 aromatic rings. The number of amides is 2. The highest BCUT2D eigenvalue weighted by Crippen LogP contribution is 2.23. The first-order chi connectivity index (χ1) is 12.1. The van der Waals surface area contributed by atoms with Gasteiger partial charge in [-0.05, 0) is 19.1 Å². The number of piperidine rings is 1. The lowest BCUT2D eigenvalue weighted by Crippen LogP contribution is -2.46. The van der Waals surface area contributed by atoms with E-state index in [2.05, 4.69) is 15.3 Å². The molecule has 0 radical (unpaired) electrons. The van der Waals surface area contributed by atoms with Crippen molar-refractivity contribution in [2.75, 3.05) is 19.6 Å². The molecule has 3 rings (SSSR count). The lowest BCUT2D eigenvalue weighted by Gasteiger charge is -2.32. The molecule has 8 heteroatoms. The lowest BCUT2D eigenvalue weighted by molar-refractivity contribution is 0.111. The van der Waals surface area contributed by atoms with Crippen LogP contribution in [0.3, 0.4) is 0 Å². The molecule has 0 spiro atoms. The number of ether oxygens (including phenoxy) is 1. The van der Waals surface area contributed by atoms with Crippen LogP contribution in [-0.4, -0.2) is 46.6 Å². The fraction of sp³-hybridized carbons (Fsp3) is 0.471. The maximum Gasteiger partial charge on any atom is 0.317 e. The van der Waals surface area contributed by atoms with Crippen LogP contribution in [0.4, 0.5) is 4.79 Å². The van der Waals surface area contributed by atoms with Gasteiger partial charge in [0.05, 0.1) is 16.9 Å². The van der Waals surface area contributed by atoms with Crippen LogP contribution in [0, 0.1) is 6.92 Å². The Hall–Kier alpha value is -1.86. The molecule has 3 heterocycles. The minimum absolute atomic E-state index is 0.0285. The molecule has 0 atom stereocenters. The number of pyridine rings is 1. The second kappa shape index (κ2) is 8.49. The normalized spacial score (nSPS) is 15.2. The molecule has 1 aliphatic rings. The van der Waals surface area contributed by atoms with Gasteiger partial charge in [0.15, 0.2) is 0 Å². The van der Waals surface area contributed by atoms with Gasteiger partial charge >= 0.3 is 6.03 Å². The van der Waals surface area contributed by atoms with Crippen molar-refractivity contribution in [3.63, 3.8) is 0 Å². The van der Waals surface area contributed by atoms with Crippen LogP contribution in [0.1, 0.15) is 23.5 Å². The Morgan fingerprint density at radius 1 is 1.48 bits per heavy atom. The summed E-state index contributed by atoms with van der Waals surface area (Å²) >= 11 is 7.48. The predicted octanol–water partition coefficient (Wildman–Crippen LogP) is 3.30. The molecule has 2 aromatic heterocycles. The van der Waals surface area contributed by atoms with E-state index in [1.54, 1.807) is 12.4 Å². The van der Waals surface area contributed by atoms with Crippen molar-refractivity contribution >= 4 is 29.0 Å². The molecule has 0 aliphatic carbocycles. The van der Waals surface area contributed by atoms with Crippen molar-refractivity contribution < 1.29 is 9.53 Å². The molecule has 6 nitrogen and oxygen atoms in total. The van der Waals surface area contributed by atoms with E-state index in [4.69, 9.17) is 16.3 Å². The Balaban J connectivity index is 1.38. The van der Waals surface area contributed by atoms with Crippen molar-refractivity contribution in [2.24, 2.45) is 0 Å². The molecular weight excluding hydrogens is 360 g/mol.